The van der Waals surface area contributed by atoms with Gasteiger partial charge in [-0.1, -0.05) is 6.42 Å². The first-order chi connectivity index (χ1) is 11.1. The van der Waals surface area contributed by atoms with Crippen LogP contribution >= 0.6 is 0 Å². The number of carbonyl (C=O) groups is 3. The molecule has 24 heavy (non-hydrogen) atoms. The summed E-state index contributed by atoms with van der Waals surface area (Å²) in [6.45, 7) is -0.127. The summed E-state index contributed by atoms with van der Waals surface area (Å²) < 4.78 is 0. The number of carbonyl (C=O) groups excluding carboxylic acids is 1. The van der Waals surface area contributed by atoms with Crippen LogP contribution in [0.15, 0.2) is 0 Å². The van der Waals surface area contributed by atoms with Gasteiger partial charge in [-0.25, -0.2) is 0 Å². The molecule has 1 rings (SSSR count). The lowest BCUT2D eigenvalue weighted by atomic mass is 9.78. The van der Waals surface area contributed by atoms with Gasteiger partial charge in [0.05, 0.1) is 6.04 Å². The van der Waals surface area contributed by atoms with E-state index in [1.165, 1.54) is 4.90 Å². The summed E-state index contributed by atoms with van der Waals surface area (Å²) in [4.78, 5) is 35.6. The molecule has 136 valence electrons. The van der Waals surface area contributed by atoms with Gasteiger partial charge in [0, 0.05) is 25.4 Å². The summed E-state index contributed by atoms with van der Waals surface area (Å²) in [6, 6.07) is -1.03. The molecular formula is C13H24BN3O7. The molecule has 0 bridgehead atoms. The molecule has 0 aromatic rings. The first-order valence-electron chi connectivity index (χ1n) is 7.72. The van der Waals surface area contributed by atoms with Gasteiger partial charge in [-0.15, -0.1) is 0 Å². The quantitative estimate of drug-likeness (QED) is 0.249. The maximum atomic E-state index is 12.3. The van der Waals surface area contributed by atoms with Crippen molar-refractivity contribution in [1.82, 2.24) is 4.90 Å². The lowest BCUT2D eigenvalue weighted by Crippen LogP contribution is -2.55. The van der Waals surface area contributed by atoms with Crippen molar-refractivity contribution < 1.29 is 34.6 Å². The minimum absolute atomic E-state index is 0.0450. The van der Waals surface area contributed by atoms with Crippen molar-refractivity contribution in [1.29, 1.82) is 0 Å². The van der Waals surface area contributed by atoms with E-state index in [-0.39, 0.29) is 32.3 Å². The Bertz CT molecular complexity index is 490. The number of rotatable bonds is 9. The molecule has 1 aliphatic rings. The first-order valence-corrected chi connectivity index (χ1v) is 7.72. The van der Waals surface area contributed by atoms with E-state index in [1.54, 1.807) is 0 Å². The van der Waals surface area contributed by atoms with Crippen LogP contribution in [0.2, 0.25) is 6.32 Å². The maximum Gasteiger partial charge on any atom is 0.451 e. The lowest BCUT2D eigenvalue weighted by molar-refractivity contribution is -0.144. The summed E-state index contributed by atoms with van der Waals surface area (Å²) in [5.41, 5.74) is 10.0. The summed E-state index contributed by atoms with van der Waals surface area (Å²) in [6.07, 6.45) is 0.441. The van der Waals surface area contributed by atoms with E-state index in [2.05, 4.69) is 0 Å². The minimum Gasteiger partial charge on any atom is -0.481 e. The molecule has 10 nitrogen and oxygen atoms in total. The predicted octanol–water partition coefficient (Wildman–Crippen LogP) is -2.33. The van der Waals surface area contributed by atoms with Crippen molar-refractivity contribution in [3.63, 3.8) is 0 Å². The Morgan fingerprint density at radius 1 is 1.29 bits per heavy atom. The van der Waals surface area contributed by atoms with E-state index in [9.17, 15) is 19.5 Å². The fraction of sp³-hybridized carbons (Fsp3) is 0.769. The number of nitrogens with two attached hydrogens (primary N) is 2. The van der Waals surface area contributed by atoms with Crippen LogP contribution in [-0.2, 0) is 14.4 Å². The smallest absolute Gasteiger partial charge is 0.451 e. The third-order valence-corrected chi connectivity index (χ3v) is 4.33. The Kier molecular flexibility index (Phi) is 7.15. The second-order valence-corrected chi connectivity index (χ2v) is 6.21. The second-order valence-electron chi connectivity index (χ2n) is 6.21. The van der Waals surface area contributed by atoms with Crippen LogP contribution in [0.5, 0.6) is 0 Å². The average Bonchev–Trinajstić information content (AvgIpc) is 2.82. The van der Waals surface area contributed by atoms with E-state index in [0.717, 1.165) is 0 Å². The molecule has 8 N–H and O–H groups in total. The zero-order valence-electron chi connectivity index (χ0n) is 13.3. The summed E-state index contributed by atoms with van der Waals surface area (Å²) in [7, 11) is -1.48. The molecule has 11 heteroatoms. The van der Waals surface area contributed by atoms with Crippen LogP contribution in [-0.4, -0.2) is 74.8 Å². The Morgan fingerprint density at radius 2 is 1.92 bits per heavy atom. The number of carboxylic acid groups (broad SMARTS) is 2. The highest BCUT2D eigenvalue weighted by Crippen LogP contribution is 2.31. The van der Waals surface area contributed by atoms with Crippen molar-refractivity contribution in [2.24, 2.45) is 17.4 Å². The molecule has 3 atom stereocenters. The van der Waals surface area contributed by atoms with Gasteiger partial charge in [0.2, 0.25) is 5.91 Å². The van der Waals surface area contributed by atoms with Gasteiger partial charge in [-0.05, 0) is 19.2 Å². The molecule has 0 aromatic heterocycles. The normalized spacial score (nSPS) is 24.7. The molecule has 0 aromatic carbocycles. The minimum atomic E-state index is -1.64. The van der Waals surface area contributed by atoms with Crippen LogP contribution in [0.4, 0.5) is 0 Å². The van der Waals surface area contributed by atoms with Crippen molar-refractivity contribution in [2.45, 2.75) is 43.6 Å². The highest BCUT2D eigenvalue weighted by Gasteiger charge is 2.50. The van der Waals surface area contributed by atoms with Crippen molar-refractivity contribution in [2.75, 3.05) is 13.1 Å². The molecule has 1 fully saturated rings. The average molecular weight is 345 g/mol. The van der Waals surface area contributed by atoms with Gasteiger partial charge in [-0.2, -0.15) is 0 Å². The second kappa shape index (κ2) is 8.42. The third-order valence-electron chi connectivity index (χ3n) is 4.33. The standard InChI is InChI=1S/C13H24BN3O7/c15-9(3-4-10(18)19)11(20)17-6-8(2-1-5-14(23)24)13(16,7-17)12(21)22/h8-9,23-24H,1-7,15-16H2,(H,18,19)(H,21,22)/t8?,9-,13-/m0/s1. The monoisotopic (exact) mass is 345 g/mol. The molecule has 1 saturated heterocycles. The lowest BCUT2D eigenvalue weighted by Gasteiger charge is -2.25. The van der Waals surface area contributed by atoms with Crippen molar-refractivity contribution in [3.05, 3.63) is 0 Å². The fourth-order valence-electron chi connectivity index (χ4n) is 2.88. The number of nitrogens with zero attached hydrogens (tertiary/aromatic N) is 1. The number of hydrogen-bond donors (Lipinski definition) is 6. The number of amides is 1. The van der Waals surface area contributed by atoms with Gasteiger partial charge in [0.25, 0.3) is 0 Å². The number of likely N-dealkylation sites (tertiary alicyclic amines) is 1. The van der Waals surface area contributed by atoms with E-state index in [4.69, 9.17) is 26.6 Å². The van der Waals surface area contributed by atoms with Gasteiger partial charge in [-0.3, -0.25) is 14.4 Å². The molecule has 1 amide bonds. The molecule has 1 heterocycles. The van der Waals surface area contributed by atoms with Gasteiger partial charge >= 0.3 is 19.1 Å². The highest BCUT2D eigenvalue weighted by molar-refractivity contribution is 6.40. The van der Waals surface area contributed by atoms with Crippen LogP contribution in [0.1, 0.15) is 25.7 Å². The Balaban J connectivity index is 2.72. The summed E-state index contributed by atoms with van der Waals surface area (Å²) in [5, 5.41) is 35.7. The van der Waals surface area contributed by atoms with E-state index in [0.29, 0.717) is 12.8 Å². The summed E-state index contributed by atoms with van der Waals surface area (Å²) in [5.74, 6) is -3.40. The maximum absolute atomic E-state index is 12.3. The predicted molar refractivity (Wildman–Crippen MR) is 83.7 cm³/mol. The Labute approximate surface area is 139 Å². The van der Waals surface area contributed by atoms with Gasteiger partial charge in [0.15, 0.2) is 0 Å². The molecule has 0 radical (unpaired) electrons. The van der Waals surface area contributed by atoms with E-state index in [1.807, 2.05) is 0 Å². The molecule has 0 aliphatic carbocycles. The number of aliphatic carboxylic acids is 2. The van der Waals surface area contributed by atoms with Crippen molar-refractivity contribution in [3.8, 4) is 0 Å². The van der Waals surface area contributed by atoms with Gasteiger partial charge in [0.1, 0.15) is 5.54 Å². The first kappa shape index (κ1) is 20.4. The molecular weight excluding hydrogens is 321 g/mol. The Hall–Kier alpha value is -1.69. The molecule has 0 saturated carbocycles. The molecule has 1 aliphatic heterocycles. The van der Waals surface area contributed by atoms with Crippen LogP contribution < -0.4 is 11.5 Å². The molecule has 0 spiro atoms. The topological polar surface area (TPSA) is 187 Å². The van der Waals surface area contributed by atoms with Crippen LogP contribution in [0.25, 0.3) is 0 Å². The number of hydrogen-bond acceptors (Lipinski definition) is 7. The third kappa shape index (κ3) is 5.16. The van der Waals surface area contributed by atoms with E-state index < -0.39 is 42.5 Å². The summed E-state index contributed by atoms with van der Waals surface area (Å²) >= 11 is 0. The molecule has 1 unspecified atom stereocenters. The zero-order valence-corrected chi connectivity index (χ0v) is 13.3. The van der Waals surface area contributed by atoms with Gasteiger partial charge < -0.3 is 36.6 Å². The van der Waals surface area contributed by atoms with Crippen LogP contribution in [0, 0.1) is 5.92 Å². The Morgan fingerprint density at radius 3 is 2.42 bits per heavy atom. The van der Waals surface area contributed by atoms with E-state index >= 15 is 0 Å². The van der Waals surface area contributed by atoms with Crippen LogP contribution in [0.3, 0.4) is 0 Å². The highest BCUT2D eigenvalue weighted by atomic mass is 16.4. The largest absolute Gasteiger partial charge is 0.481 e. The fourth-order valence-corrected chi connectivity index (χ4v) is 2.88. The van der Waals surface area contributed by atoms with Crippen molar-refractivity contribution >= 4 is 25.0 Å². The number of carboxylic acids is 2. The SMILES string of the molecule is N[C@@H](CCC(=O)O)C(=O)N1CC(CCCB(O)O)[C@](N)(C(=O)O)C1. The zero-order chi connectivity index (χ0) is 18.5.